The molecule has 150 valence electrons. The van der Waals surface area contributed by atoms with E-state index in [1.807, 2.05) is 36.4 Å². The highest BCUT2D eigenvalue weighted by atomic mass is 32.2. The van der Waals surface area contributed by atoms with Crippen molar-refractivity contribution >= 4 is 17.7 Å². The van der Waals surface area contributed by atoms with Crippen molar-refractivity contribution in [3.05, 3.63) is 81.5 Å². The second-order valence-corrected chi connectivity index (χ2v) is 7.35. The van der Waals surface area contributed by atoms with E-state index < -0.39 is 0 Å². The lowest BCUT2D eigenvalue weighted by molar-refractivity contribution is -0.120. The number of thioether (sulfide) groups is 1. The van der Waals surface area contributed by atoms with E-state index in [0.717, 1.165) is 16.9 Å². The fourth-order valence-electron chi connectivity index (χ4n) is 2.70. The summed E-state index contributed by atoms with van der Waals surface area (Å²) in [6.07, 6.45) is 3.34. The lowest BCUT2D eigenvalue weighted by atomic mass is 10.1. The van der Waals surface area contributed by atoms with Crippen molar-refractivity contribution < 1.29 is 9.53 Å². The highest BCUT2D eigenvalue weighted by Crippen LogP contribution is 2.21. The van der Waals surface area contributed by atoms with Gasteiger partial charge in [-0.3, -0.25) is 14.6 Å². The molecule has 0 aliphatic carbocycles. The maximum absolute atomic E-state index is 12.5. The van der Waals surface area contributed by atoms with Gasteiger partial charge >= 0.3 is 0 Å². The smallest absolute Gasteiger partial charge is 0.255 e. The molecular formula is C21H22N4O3S. The predicted octanol–water partition coefficient (Wildman–Crippen LogP) is 2.63. The number of methoxy groups -OCH3 is 1. The highest BCUT2D eigenvalue weighted by molar-refractivity contribution is 7.98. The minimum absolute atomic E-state index is 0.0186. The molecule has 0 fully saturated rings. The lowest BCUT2D eigenvalue weighted by Gasteiger charge is -2.08. The number of hydrogen-bond donors (Lipinski definition) is 2. The fraction of sp³-hybridized carbons (Fsp3) is 0.238. The van der Waals surface area contributed by atoms with E-state index >= 15 is 0 Å². The summed E-state index contributed by atoms with van der Waals surface area (Å²) in [5.41, 5.74) is 2.60. The van der Waals surface area contributed by atoms with E-state index in [1.54, 1.807) is 26.4 Å². The third-order valence-corrected chi connectivity index (χ3v) is 5.20. The molecule has 3 aromatic rings. The molecule has 0 aliphatic heterocycles. The lowest BCUT2D eigenvalue weighted by Crippen LogP contribution is -2.28. The monoisotopic (exact) mass is 410 g/mol. The van der Waals surface area contributed by atoms with Crippen LogP contribution in [0, 0.1) is 6.92 Å². The zero-order valence-corrected chi connectivity index (χ0v) is 17.1. The minimum atomic E-state index is -0.290. The maximum atomic E-state index is 12.5. The van der Waals surface area contributed by atoms with Crippen molar-refractivity contribution in [3.8, 4) is 5.75 Å². The number of ether oxygens (including phenoxy) is 1. The highest BCUT2D eigenvalue weighted by Gasteiger charge is 2.13. The Morgan fingerprint density at radius 1 is 1.24 bits per heavy atom. The number of benzene rings is 1. The average Bonchev–Trinajstić information content (AvgIpc) is 2.74. The molecular weight excluding hydrogens is 388 g/mol. The van der Waals surface area contributed by atoms with E-state index in [2.05, 4.69) is 20.3 Å². The summed E-state index contributed by atoms with van der Waals surface area (Å²) in [7, 11) is 1.63. The standard InChI is InChI=1S/C21H22N4O3S/c1-14-18(10-19(26)23-12-16-6-4-8-22-11-16)20(27)25-21(24-14)29-13-15-5-3-7-17(9-15)28-2/h3-9,11H,10,12-13H2,1-2H3,(H,23,26)(H,24,25,27). The number of H-pyrrole nitrogens is 1. The topological polar surface area (TPSA) is 97.0 Å². The number of amides is 1. The molecule has 3 rings (SSSR count). The number of nitrogens with one attached hydrogen (secondary N) is 2. The Labute approximate surface area is 173 Å². The van der Waals surface area contributed by atoms with E-state index in [1.165, 1.54) is 11.8 Å². The molecule has 0 saturated carbocycles. The van der Waals surface area contributed by atoms with Crippen LogP contribution in [0.5, 0.6) is 5.75 Å². The van der Waals surface area contributed by atoms with Gasteiger partial charge in [0.15, 0.2) is 5.16 Å². The van der Waals surface area contributed by atoms with E-state index in [9.17, 15) is 9.59 Å². The van der Waals surface area contributed by atoms with Crippen molar-refractivity contribution in [3.63, 3.8) is 0 Å². The van der Waals surface area contributed by atoms with Gasteiger partial charge in [0.05, 0.1) is 13.5 Å². The van der Waals surface area contributed by atoms with Gasteiger partial charge in [-0.2, -0.15) is 0 Å². The van der Waals surface area contributed by atoms with Gasteiger partial charge in [-0.05, 0) is 36.2 Å². The first-order valence-corrected chi connectivity index (χ1v) is 10.0. The molecule has 29 heavy (non-hydrogen) atoms. The summed E-state index contributed by atoms with van der Waals surface area (Å²) in [4.78, 5) is 35.9. The van der Waals surface area contributed by atoms with E-state index in [0.29, 0.717) is 28.7 Å². The largest absolute Gasteiger partial charge is 0.497 e. The van der Waals surface area contributed by atoms with Gasteiger partial charge in [-0.1, -0.05) is 30.0 Å². The quantitative estimate of drug-likeness (QED) is 0.438. The van der Waals surface area contributed by atoms with Crippen LogP contribution in [-0.2, 0) is 23.5 Å². The van der Waals surface area contributed by atoms with Crippen LogP contribution in [0.3, 0.4) is 0 Å². The molecule has 1 aromatic carbocycles. The summed E-state index contributed by atoms with van der Waals surface area (Å²) in [6, 6.07) is 11.4. The van der Waals surface area contributed by atoms with Crippen LogP contribution >= 0.6 is 11.8 Å². The van der Waals surface area contributed by atoms with Gasteiger partial charge in [0.25, 0.3) is 5.56 Å². The SMILES string of the molecule is COc1cccc(CSc2nc(C)c(CC(=O)NCc3cccnc3)c(=O)[nH]2)c1. The Balaban J connectivity index is 1.61. The second kappa shape index (κ2) is 9.88. The van der Waals surface area contributed by atoms with Crippen LogP contribution in [0.1, 0.15) is 22.4 Å². The number of aromatic amines is 1. The van der Waals surface area contributed by atoms with Crippen molar-refractivity contribution in [2.45, 2.75) is 30.8 Å². The number of rotatable bonds is 8. The Morgan fingerprint density at radius 2 is 2.07 bits per heavy atom. The number of nitrogens with zero attached hydrogens (tertiary/aromatic N) is 2. The van der Waals surface area contributed by atoms with Crippen molar-refractivity contribution in [2.24, 2.45) is 0 Å². The Morgan fingerprint density at radius 3 is 2.79 bits per heavy atom. The van der Waals surface area contributed by atoms with Crippen LogP contribution in [0.25, 0.3) is 0 Å². The molecule has 2 aromatic heterocycles. The molecule has 8 heteroatoms. The molecule has 1 amide bonds. The normalized spacial score (nSPS) is 10.6. The molecule has 0 unspecified atom stereocenters. The number of hydrogen-bond acceptors (Lipinski definition) is 6. The van der Waals surface area contributed by atoms with Crippen LogP contribution in [0.15, 0.2) is 58.7 Å². The van der Waals surface area contributed by atoms with Crippen LogP contribution in [0.4, 0.5) is 0 Å². The number of carbonyl (C=O) groups excluding carboxylic acids is 1. The van der Waals surface area contributed by atoms with Crippen LogP contribution in [-0.4, -0.2) is 28.0 Å². The minimum Gasteiger partial charge on any atom is -0.497 e. The molecule has 2 heterocycles. The third-order valence-electron chi connectivity index (χ3n) is 4.26. The molecule has 0 atom stereocenters. The molecule has 0 aliphatic rings. The fourth-order valence-corrected chi connectivity index (χ4v) is 3.55. The predicted molar refractivity (Wildman–Crippen MR) is 112 cm³/mol. The first-order valence-electron chi connectivity index (χ1n) is 9.06. The van der Waals surface area contributed by atoms with Crippen molar-refractivity contribution in [1.29, 1.82) is 0 Å². The van der Waals surface area contributed by atoms with E-state index in [4.69, 9.17) is 4.74 Å². The molecule has 7 nitrogen and oxygen atoms in total. The zero-order valence-electron chi connectivity index (χ0n) is 16.3. The van der Waals surface area contributed by atoms with Crippen LogP contribution in [0.2, 0.25) is 0 Å². The Hall–Kier alpha value is -3.13. The maximum Gasteiger partial charge on any atom is 0.255 e. The molecule has 2 N–H and O–H groups in total. The number of aromatic nitrogens is 3. The van der Waals surface area contributed by atoms with Gasteiger partial charge in [0.2, 0.25) is 5.91 Å². The molecule has 0 saturated heterocycles. The second-order valence-electron chi connectivity index (χ2n) is 6.39. The van der Waals surface area contributed by atoms with Gasteiger partial charge in [0, 0.05) is 35.9 Å². The summed E-state index contributed by atoms with van der Waals surface area (Å²) < 4.78 is 5.22. The summed E-state index contributed by atoms with van der Waals surface area (Å²) in [5, 5.41) is 3.32. The number of carbonyl (C=O) groups is 1. The van der Waals surface area contributed by atoms with Gasteiger partial charge in [-0.25, -0.2) is 4.98 Å². The van der Waals surface area contributed by atoms with Crippen LogP contribution < -0.4 is 15.6 Å². The van der Waals surface area contributed by atoms with Crippen molar-refractivity contribution in [2.75, 3.05) is 7.11 Å². The molecule has 0 radical (unpaired) electrons. The first-order chi connectivity index (χ1) is 14.0. The summed E-state index contributed by atoms with van der Waals surface area (Å²) >= 11 is 1.43. The third kappa shape index (κ3) is 5.92. The van der Waals surface area contributed by atoms with Crippen molar-refractivity contribution in [1.82, 2.24) is 20.3 Å². The number of aryl methyl sites for hydroxylation is 1. The number of pyridine rings is 1. The average molecular weight is 410 g/mol. The zero-order chi connectivity index (χ0) is 20.6. The van der Waals surface area contributed by atoms with Gasteiger partial charge < -0.3 is 15.0 Å². The Kier molecular flexibility index (Phi) is 7.02. The molecule has 0 bridgehead atoms. The first kappa shape index (κ1) is 20.6. The Bertz CT molecular complexity index is 1040. The van der Waals surface area contributed by atoms with Gasteiger partial charge in [-0.15, -0.1) is 0 Å². The van der Waals surface area contributed by atoms with Gasteiger partial charge in [0.1, 0.15) is 5.75 Å². The van der Waals surface area contributed by atoms with E-state index in [-0.39, 0.29) is 17.9 Å². The molecule has 0 spiro atoms. The summed E-state index contributed by atoms with van der Waals surface area (Å²) in [6.45, 7) is 2.11. The summed E-state index contributed by atoms with van der Waals surface area (Å²) in [5.74, 6) is 1.19.